The zero-order chi connectivity index (χ0) is 21.3. The average molecular weight is 462 g/mol. The fourth-order valence-corrected chi connectivity index (χ4v) is 4.40. The van der Waals surface area contributed by atoms with Crippen LogP contribution in [0.25, 0.3) is 0 Å². The van der Waals surface area contributed by atoms with E-state index in [1.807, 2.05) is 19.1 Å². The van der Waals surface area contributed by atoms with Crippen molar-refractivity contribution in [2.45, 2.75) is 32.4 Å². The van der Waals surface area contributed by atoms with E-state index in [0.717, 1.165) is 5.56 Å². The van der Waals surface area contributed by atoms with Crippen molar-refractivity contribution in [3.8, 4) is 5.75 Å². The van der Waals surface area contributed by atoms with Gasteiger partial charge in [0.15, 0.2) is 11.7 Å². The standard InChI is InChI=1S/C22H21BrFNO4/c1-12(14-4-7-16(29-3)8-5-14)25-19(17-9-6-15(24)10-18(17)23)11-20(27)21(13(2)26)22(25)28/h4-10,12,19,21H,11H2,1-3H3/t12-,19+,21?/m0/s1. The van der Waals surface area contributed by atoms with Gasteiger partial charge in [0.1, 0.15) is 17.3 Å². The molecule has 0 bridgehead atoms. The number of ether oxygens (including phenoxy) is 1. The fourth-order valence-electron chi connectivity index (χ4n) is 3.78. The van der Waals surface area contributed by atoms with E-state index in [1.54, 1.807) is 30.2 Å². The van der Waals surface area contributed by atoms with Gasteiger partial charge in [-0.15, -0.1) is 0 Å². The number of Topliss-reactive ketones (excluding diaryl/α,β-unsaturated/α-hetero) is 2. The molecule has 2 aromatic carbocycles. The van der Waals surface area contributed by atoms with Crippen molar-refractivity contribution in [3.63, 3.8) is 0 Å². The molecule has 1 heterocycles. The first-order valence-electron chi connectivity index (χ1n) is 9.18. The molecule has 1 saturated heterocycles. The second kappa shape index (κ2) is 8.45. The third kappa shape index (κ3) is 4.10. The SMILES string of the molecule is COc1ccc([C@H](C)N2C(=O)C(C(C)=O)C(=O)C[C@@H]2c2ccc(F)cc2Br)cc1. The van der Waals surface area contributed by atoms with E-state index in [9.17, 15) is 18.8 Å². The smallest absolute Gasteiger partial charge is 0.241 e. The van der Waals surface area contributed by atoms with Crippen molar-refractivity contribution < 1.29 is 23.5 Å². The van der Waals surface area contributed by atoms with Crippen LogP contribution in [-0.2, 0) is 14.4 Å². The Labute approximate surface area is 177 Å². The van der Waals surface area contributed by atoms with Gasteiger partial charge in [0, 0.05) is 10.9 Å². The normalized spacial score (nSPS) is 20.5. The summed E-state index contributed by atoms with van der Waals surface area (Å²) in [5.74, 6) is -2.46. The number of piperidine rings is 1. The van der Waals surface area contributed by atoms with Gasteiger partial charge in [0.2, 0.25) is 5.91 Å². The number of likely N-dealkylation sites (tertiary alicyclic amines) is 1. The van der Waals surface area contributed by atoms with Crippen LogP contribution in [0.1, 0.15) is 43.5 Å². The molecule has 0 spiro atoms. The number of hydrogen-bond acceptors (Lipinski definition) is 4. The Bertz CT molecular complexity index is 960. The molecule has 0 aliphatic carbocycles. The third-order valence-electron chi connectivity index (χ3n) is 5.30. The van der Waals surface area contributed by atoms with Crippen LogP contribution in [0.4, 0.5) is 4.39 Å². The number of halogens is 2. The summed E-state index contributed by atoms with van der Waals surface area (Å²) in [5, 5.41) is 0. The lowest BCUT2D eigenvalue weighted by atomic mass is 9.83. The fraction of sp³-hybridized carbons (Fsp3) is 0.318. The molecule has 1 amide bonds. The highest BCUT2D eigenvalue weighted by atomic mass is 79.9. The lowest BCUT2D eigenvalue weighted by molar-refractivity contribution is -0.155. The van der Waals surface area contributed by atoms with Crippen LogP contribution in [0.2, 0.25) is 0 Å². The number of methoxy groups -OCH3 is 1. The summed E-state index contributed by atoms with van der Waals surface area (Å²) in [5.41, 5.74) is 1.45. The predicted molar refractivity (Wildman–Crippen MR) is 109 cm³/mol. The van der Waals surface area contributed by atoms with Gasteiger partial charge >= 0.3 is 0 Å². The van der Waals surface area contributed by atoms with Gasteiger partial charge in [-0.05, 0) is 49.2 Å². The van der Waals surface area contributed by atoms with E-state index in [-0.39, 0.29) is 6.42 Å². The summed E-state index contributed by atoms with van der Waals surface area (Å²) in [6, 6.07) is 10.4. The Morgan fingerprint density at radius 3 is 2.41 bits per heavy atom. The minimum absolute atomic E-state index is 0.0132. The number of ketones is 2. The molecule has 1 unspecified atom stereocenters. The summed E-state index contributed by atoms with van der Waals surface area (Å²) in [6.45, 7) is 3.10. The molecular formula is C22H21BrFNO4. The molecule has 0 N–H and O–H groups in total. The van der Waals surface area contributed by atoms with Crippen LogP contribution in [0.5, 0.6) is 5.75 Å². The lowest BCUT2D eigenvalue weighted by Crippen LogP contribution is -2.51. The van der Waals surface area contributed by atoms with Crippen LogP contribution in [0.3, 0.4) is 0 Å². The molecule has 1 aliphatic heterocycles. The largest absolute Gasteiger partial charge is 0.497 e. The van der Waals surface area contributed by atoms with Crippen molar-refractivity contribution in [3.05, 3.63) is 63.9 Å². The van der Waals surface area contributed by atoms with Gasteiger partial charge in [-0.1, -0.05) is 34.1 Å². The number of carbonyl (C=O) groups is 3. The number of nitrogens with zero attached hydrogens (tertiary/aromatic N) is 1. The molecule has 0 aromatic heterocycles. The highest BCUT2D eigenvalue weighted by Gasteiger charge is 2.46. The van der Waals surface area contributed by atoms with E-state index in [0.29, 0.717) is 15.8 Å². The Morgan fingerprint density at radius 2 is 1.86 bits per heavy atom. The first-order chi connectivity index (χ1) is 13.7. The van der Waals surface area contributed by atoms with Crippen LogP contribution < -0.4 is 4.74 Å². The number of rotatable bonds is 5. The van der Waals surface area contributed by atoms with E-state index in [2.05, 4.69) is 15.9 Å². The summed E-state index contributed by atoms with van der Waals surface area (Å²) in [4.78, 5) is 39.5. The number of carbonyl (C=O) groups excluding carboxylic acids is 3. The Hall–Kier alpha value is -2.54. The average Bonchev–Trinajstić information content (AvgIpc) is 2.67. The summed E-state index contributed by atoms with van der Waals surface area (Å²) < 4.78 is 19.2. The molecule has 5 nitrogen and oxygen atoms in total. The Balaban J connectivity index is 2.07. The van der Waals surface area contributed by atoms with Gasteiger partial charge in [-0.25, -0.2) is 4.39 Å². The summed E-state index contributed by atoms with van der Waals surface area (Å²) in [7, 11) is 1.57. The van der Waals surface area contributed by atoms with Crippen LogP contribution in [-0.4, -0.2) is 29.5 Å². The van der Waals surface area contributed by atoms with Gasteiger partial charge in [-0.2, -0.15) is 0 Å². The maximum absolute atomic E-state index is 13.6. The highest BCUT2D eigenvalue weighted by molar-refractivity contribution is 9.10. The Morgan fingerprint density at radius 1 is 1.21 bits per heavy atom. The van der Waals surface area contributed by atoms with Crippen molar-refractivity contribution in [2.75, 3.05) is 7.11 Å². The third-order valence-corrected chi connectivity index (χ3v) is 5.98. The topological polar surface area (TPSA) is 63.7 Å². The molecular weight excluding hydrogens is 441 g/mol. The van der Waals surface area contributed by atoms with Crippen molar-refractivity contribution in [2.24, 2.45) is 5.92 Å². The van der Waals surface area contributed by atoms with E-state index in [1.165, 1.54) is 19.1 Å². The minimum Gasteiger partial charge on any atom is -0.497 e. The minimum atomic E-state index is -1.30. The maximum Gasteiger partial charge on any atom is 0.241 e. The Kier molecular flexibility index (Phi) is 6.17. The highest BCUT2D eigenvalue weighted by Crippen LogP contribution is 2.41. The lowest BCUT2D eigenvalue weighted by Gasteiger charge is -2.42. The van der Waals surface area contributed by atoms with Crippen LogP contribution >= 0.6 is 15.9 Å². The van der Waals surface area contributed by atoms with Crippen LogP contribution in [0, 0.1) is 11.7 Å². The molecule has 7 heteroatoms. The monoisotopic (exact) mass is 461 g/mol. The van der Waals surface area contributed by atoms with Gasteiger partial charge in [-0.3, -0.25) is 14.4 Å². The molecule has 0 saturated carbocycles. The first kappa shape index (κ1) is 21.2. The summed E-state index contributed by atoms with van der Waals surface area (Å²) >= 11 is 3.35. The molecule has 3 rings (SSSR count). The van der Waals surface area contributed by atoms with Gasteiger partial charge < -0.3 is 9.64 Å². The van der Waals surface area contributed by atoms with Crippen molar-refractivity contribution in [1.82, 2.24) is 4.90 Å². The molecule has 152 valence electrons. The number of hydrogen-bond donors (Lipinski definition) is 0. The predicted octanol–water partition coefficient (Wildman–Crippen LogP) is 4.41. The maximum atomic E-state index is 13.6. The molecule has 1 aliphatic rings. The van der Waals surface area contributed by atoms with E-state index < -0.39 is 41.3 Å². The number of benzene rings is 2. The van der Waals surface area contributed by atoms with E-state index in [4.69, 9.17) is 4.74 Å². The van der Waals surface area contributed by atoms with Gasteiger partial charge in [0.05, 0.1) is 19.2 Å². The van der Waals surface area contributed by atoms with Crippen molar-refractivity contribution >= 4 is 33.4 Å². The van der Waals surface area contributed by atoms with Gasteiger partial charge in [0.25, 0.3) is 0 Å². The van der Waals surface area contributed by atoms with Crippen molar-refractivity contribution in [1.29, 1.82) is 0 Å². The molecule has 3 atom stereocenters. The zero-order valence-corrected chi connectivity index (χ0v) is 17.9. The second-order valence-electron chi connectivity index (χ2n) is 7.09. The number of amides is 1. The molecule has 1 fully saturated rings. The summed E-state index contributed by atoms with van der Waals surface area (Å²) in [6.07, 6.45) is -0.0132. The quantitative estimate of drug-likeness (QED) is 0.618. The zero-order valence-electron chi connectivity index (χ0n) is 16.3. The van der Waals surface area contributed by atoms with E-state index >= 15 is 0 Å². The molecule has 0 radical (unpaired) electrons. The molecule has 29 heavy (non-hydrogen) atoms. The van der Waals surface area contributed by atoms with Crippen LogP contribution in [0.15, 0.2) is 46.9 Å². The first-order valence-corrected chi connectivity index (χ1v) is 9.98. The second-order valence-corrected chi connectivity index (χ2v) is 7.94. The molecule has 2 aromatic rings.